The highest BCUT2D eigenvalue weighted by molar-refractivity contribution is 7.89. The molecule has 0 bridgehead atoms. The Labute approximate surface area is 175 Å². The highest BCUT2D eigenvalue weighted by Gasteiger charge is 2.14. The third-order valence-corrected chi connectivity index (χ3v) is 6.49. The van der Waals surface area contributed by atoms with Crippen molar-refractivity contribution in [2.75, 3.05) is 6.54 Å². The molecule has 5 nitrogen and oxygen atoms in total. The summed E-state index contributed by atoms with van der Waals surface area (Å²) in [6.45, 7) is 1.02. The molecule has 0 atom stereocenters. The minimum Gasteiger partial charge on any atom is -0.343 e. The summed E-state index contributed by atoms with van der Waals surface area (Å²) in [6.07, 6.45) is 6.30. The molecular formula is C22H20ClN3O2S. The maximum Gasteiger partial charge on any atom is 0.240 e. The Balaban J connectivity index is 1.52. The van der Waals surface area contributed by atoms with E-state index >= 15 is 0 Å². The molecule has 2 aromatic carbocycles. The summed E-state index contributed by atoms with van der Waals surface area (Å²) in [5.74, 6) is 0. The SMILES string of the molecule is O=S(=O)(NCCc1cn(Cc2cccnc2)c2ccccc12)c1ccc(Cl)cc1. The molecule has 4 rings (SSSR count). The Morgan fingerprint density at radius 3 is 2.55 bits per heavy atom. The van der Waals surface area contributed by atoms with Crippen LogP contribution in [0.2, 0.25) is 5.02 Å². The molecule has 0 radical (unpaired) electrons. The molecule has 2 heterocycles. The van der Waals surface area contributed by atoms with E-state index in [0.29, 0.717) is 24.5 Å². The summed E-state index contributed by atoms with van der Waals surface area (Å²) >= 11 is 5.84. The number of nitrogens with zero attached hydrogens (tertiary/aromatic N) is 2. The van der Waals surface area contributed by atoms with E-state index in [1.807, 2.05) is 30.5 Å². The third kappa shape index (κ3) is 4.50. The quantitative estimate of drug-likeness (QED) is 0.481. The van der Waals surface area contributed by atoms with Crippen molar-refractivity contribution >= 4 is 32.5 Å². The lowest BCUT2D eigenvalue weighted by molar-refractivity contribution is 0.581. The van der Waals surface area contributed by atoms with Crippen LogP contribution in [0, 0.1) is 0 Å². The van der Waals surface area contributed by atoms with E-state index in [-0.39, 0.29) is 4.90 Å². The number of hydrogen-bond donors (Lipinski definition) is 1. The molecule has 29 heavy (non-hydrogen) atoms. The molecule has 0 saturated carbocycles. The molecule has 4 aromatic rings. The second-order valence-corrected chi connectivity index (χ2v) is 8.97. The van der Waals surface area contributed by atoms with Crippen LogP contribution < -0.4 is 4.72 Å². The van der Waals surface area contributed by atoms with Crippen LogP contribution in [0.3, 0.4) is 0 Å². The highest BCUT2D eigenvalue weighted by Crippen LogP contribution is 2.23. The highest BCUT2D eigenvalue weighted by atomic mass is 35.5. The number of fused-ring (bicyclic) bond motifs is 1. The zero-order chi connectivity index (χ0) is 20.3. The van der Waals surface area contributed by atoms with E-state index in [2.05, 4.69) is 32.6 Å². The van der Waals surface area contributed by atoms with Crippen LogP contribution >= 0.6 is 11.6 Å². The maximum absolute atomic E-state index is 12.5. The Morgan fingerprint density at radius 2 is 1.79 bits per heavy atom. The second-order valence-electron chi connectivity index (χ2n) is 6.76. The van der Waals surface area contributed by atoms with Crippen molar-refractivity contribution in [2.24, 2.45) is 0 Å². The van der Waals surface area contributed by atoms with Gasteiger partial charge in [0, 0.05) is 47.6 Å². The van der Waals surface area contributed by atoms with Crippen molar-refractivity contribution in [1.29, 1.82) is 0 Å². The van der Waals surface area contributed by atoms with Gasteiger partial charge in [-0.05, 0) is 53.9 Å². The smallest absolute Gasteiger partial charge is 0.240 e. The number of rotatable bonds is 7. The monoisotopic (exact) mass is 425 g/mol. The predicted octanol–water partition coefficient (Wildman–Crippen LogP) is 4.26. The topological polar surface area (TPSA) is 64.0 Å². The normalized spacial score (nSPS) is 11.8. The molecule has 0 aliphatic heterocycles. The second kappa shape index (κ2) is 8.37. The summed E-state index contributed by atoms with van der Waals surface area (Å²) in [4.78, 5) is 4.39. The molecule has 0 fully saturated rings. The van der Waals surface area contributed by atoms with E-state index in [1.54, 1.807) is 18.3 Å². The fourth-order valence-electron chi connectivity index (χ4n) is 3.36. The number of benzene rings is 2. The van der Waals surface area contributed by atoms with Crippen LogP contribution in [0.25, 0.3) is 10.9 Å². The number of halogens is 1. The molecule has 0 amide bonds. The average Bonchev–Trinajstić information content (AvgIpc) is 3.07. The van der Waals surface area contributed by atoms with Gasteiger partial charge in [-0.3, -0.25) is 4.98 Å². The van der Waals surface area contributed by atoms with Gasteiger partial charge < -0.3 is 4.57 Å². The molecule has 0 spiro atoms. The number of sulfonamides is 1. The van der Waals surface area contributed by atoms with Gasteiger partial charge in [-0.25, -0.2) is 13.1 Å². The number of para-hydroxylation sites is 1. The lowest BCUT2D eigenvalue weighted by atomic mass is 10.1. The van der Waals surface area contributed by atoms with Gasteiger partial charge >= 0.3 is 0 Å². The van der Waals surface area contributed by atoms with E-state index in [1.165, 1.54) is 12.1 Å². The zero-order valence-electron chi connectivity index (χ0n) is 15.6. The van der Waals surface area contributed by atoms with E-state index in [9.17, 15) is 8.42 Å². The van der Waals surface area contributed by atoms with Crippen LogP contribution in [0.5, 0.6) is 0 Å². The zero-order valence-corrected chi connectivity index (χ0v) is 17.2. The van der Waals surface area contributed by atoms with Gasteiger partial charge in [-0.2, -0.15) is 0 Å². The fourth-order valence-corrected chi connectivity index (χ4v) is 4.52. The standard InChI is InChI=1S/C22H20ClN3O2S/c23-19-7-9-20(10-8-19)29(27,28)25-13-11-18-16-26(15-17-4-3-12-24-14-17)22-6-2-1-5-21(18)22/h1-10,12,14,16,25H,11,13,15H2. The molecule has 0 aliphatic carbocycles. The summed E-state index contributed by atoms with van der Waals surface area (Å²) < 4.78 is 29.8. The summed E-state index contributed by atoms with van der Waals surface area (Å²) in [5.41, 5.74) is 3.33. The molecule has 7 heteroatoms. The average molecular weight is 426 g/mol. The largest absolute Gasteiger partial charge is 0.343 e. The van der Waals surface area contributed by atoms with Gasteiger partial charge in [0.2, 0.25) is 10.0 Å². The molecule has 148 valence electrons. The first kappa shape index (κ1) is 19.6. The first-order valence-electron chi connectivity index (χ1n) is 9.24. The van der Waals surface area contributed by atoms with E-state index in [4.69, 9.17) is 11.6 Å². The maximum atomic E-state index is 12.5. The van der Waals surface area contributed by atoms with Crippen molar-refractivity contribution in [3.8, 4) is 0 Å². The number of nitrogens with one attached hydrogen (secondary N) is 1. The summed E-state index contributed by atoms with van der Waals surface area (Å²) in [6, 6.07) is 18.3. The Morgan fingerprint density at radius 1 is 1.00 bits per heavy atom. The third-order valence-electron chi connectivity index (χ3n) is 4.76. The first-order valence-corrected chi connectivity index (χ1v) is 11.1. The number of hydrogen-bond acceptors (Lipinski definition) is 3. The van der Waals surface area contributed by atoms with Crippen molar-refractivity contribution in [3.05, 3.63) is 95.4 Å². The number of aromatic nitrogens is 2. The van der Waals surface area contributed by atoms with Crippen LogP contribution in [0.4, 0.5) is 0 Å². The predicted molar refractivity (Wildman–Crippen MR) is 116 cm³/mol. The van der Waals surface area contributed by atoms with Gasteiger partial charge in [0.05, 0.1) is 4.90 Å². The van der Waals surface area contributed by atoms with Gasteiger partial charge in [-0.15, -0.1) is 0 Å². The Kier molecular flexibility index (Phi) is 5.67. The van der Waals surface area contributed by atoms with Crippen LogP contribution in [-0.4, -0.2) is 24.5 Å². The number of pyridine rings is 1. The molecule has 1 N–H and O–H groups in total. The molecule has 0 aliphatic rings. The molecule has 0 saturated heterocycles. The van der Waals surface area contributed by atoms with Crippen LogP contribution in [0.15, 0.2) is 84.1 Å². The Hall–Kier alpha value is -2.67. The van der Waals surface area contributed by atoms with Gasteiger partial charge in [0.25, 0.3) is 0 Å². The van der Waals surface area contributed by atoms with Crippen molar-refractivity contribution < 1.29 is 8.42 Å². The van der Waals surface area contributed by atoms with E-state index < -0.39 is 10.0 Å². The van der Waals surface area contributed by atoms with Crippen LogP contribution in [0.1, 0.15) is 11.1 Å². The minimum atomic E-state index is -3.57. The lowest BCUT2D eigenvalue weighted by Gasteiger charge is -2.06. The molecule has 2 aromatic heterocycles. The molecule has 0 unspecified atom stereocenters. The van der Waals surface area contributed by atoms with Gasteiger partial charge in [0.1, 0.15) is 0 Å². The van der Waals surface area contributed by atoms with Crippen molar-refractivity contribution in [3.63, 3.8) is 0 Å². The van der Waals surface area contributed by atoms with Gasteiger partial charge in [0.15, 0.2) is 0 Å². The van der Waals surface area contributed by atoms with E-state index in [0.717, 1.165) is 22.0 Å². The first-order chi connectivity index (χ1) is 14.0. The minimum absolute atomic E-state index is 0.209. The summed E-state index contributed by atoms with van der Waals surface area (Å²) in [7, 11) is -3.57. The van der Waals surface area contributed by atoms with Gasteiger partial charge in [-0.1, -0.05) is 35.9 Å². The van der Waals surface area contributed by atoms with Crippen LogP contribution in [-0.2, 0) is 23.0 Å². The fraction of sp³-hybridized carbons (Fsp3) is 0.136. The van der Waals surface area contributed by atoms with Crippen molar-refractivity contribution in [2.45, 2.75) is 17.9 Å². The summed E-state index contributed by atoms with van der Waals surface area (Å²) in [5, 5.41) is 1.63. The lowest BCUT2D eigenvalue weighted by Crippen LogP contribution is -2.25. The van der Waals surface area contributed by atoms with Crippen molar-refractivity contribution in [1.82, 2.24) is 14.3 Å². The molecular weight excluding hydrogens is 406 g/mol. The Bertz CT molecular complexity index is 1220.